The minimum Gasteiger partial charge on any atom is -0.481 e. The molecule has 0 aromatic rings. The Bertz CT molecular complexity index is 269. The van der Waals surface area contributed by atoms with Crippen molar-refractivity contribution in [2.75, 3.05) is 0 Å². The van der Waals surface area contributed by atoms with Crippen molar-refractivity contribution in [3.05, 3.63) is 0 Å². The standard InChI is InChI=1S/C15H28O3/c1-3-5-9-14(4-2,13(16)17)12-15(18)10-7-6-8-11-15/h18H,3-12H2,1-2H3,(H,16,17). The molecular weight excluding hydrogens is 228 g/mol. The minimum absolute atomic E-state index is 0.436. The predicted molar refractivity (Wildman–Crippen MR) is 72.5 cm³/mol. The number of carboxylic acid groups (broad SMARTS) is 1. The summed E-state index contributed by atoms with van der Waals surface area (Å²) in [5.74, 6) is -0.725. The molecule has 1 saturated carbocycles. The molecule has 1 aliphatic carbocycles. The normalized spacial score (nSPS) is 22.4. The van der Waals surface area contributed by atoms with Crippen LogP contribution in [0.2, 0.25) is 0 Å². The molecule has 0 aromatic heterocycles. The highest BCUT2D eigenvalue weighted by Gasteiger charge is 2.44. The summed E-state index contributed by atoms with van der Waals surface area (Å²) in [6, 6.07) is 0. The number of carbonyl (C=O) groups is 1. The first-order valence-electron chi connectivity index (χ1n) is 7.44. The first kappa shape index (κ1) is 15.5. The lowest BCUT2D eigenvalue weighted by Gasteiger charge is -2.40. The molecule has 0 amide bonds. The van der Waals surface area contributed by atoms with Crippen molar-refractivity contribution in [3.8, 4) is 0 Å². The van der Waals surface area contributed by atoms with Gasteiger partial charge in [0.2, 0.25) is 0 Å². The lowest BCUT2D eigenvalue weighted by atomic mass is 9.68. The molecule has 3 heteroatoms. The molecule has 0 heterocycles. The summed E-state index contributed by atoms with van der Waals surface area (Å²) in [7, 11) is 0. The summed E-state index contributed by atoms with van der Waals surface area (Å²) in [4.78, 5) is 11.7. The number of aliphatic carboxylic acids is 1. The average molecular weight is 256 g/mol. The fourth-order valence-corrected chi connectivity index (χ4v) is 3.26. The maximum Gasteiger partial charge on any atom is 0.309 e. The molecule has 0 aromatic carbocycles. The maximum atomic E-state index is 11.7. The van der Waals surface area contributed by atoms with Crippen molar-refractivity contribution in [2.45, 2.75) is 83.7 Å². The van der Waals surface area contributed by atoms with Gasteiger partial charge in [0.15, 0.2) is 0 Å². The van der Waals surface area contributed by atoms with Gasteiger partial charge in [0.1, 0.15) is 0 Å². The summed E-state index contributed by atoms with van der Waals surface area (Å²) in [6.07, 6.45) is 8.46. The van der Waals surface area contributed by atoms with Gasteiger partial charge in [0.05, 0.1) is 11.0 Å². The van der Waals surface area contributed by atoms with Crippen LogP contribution in [0.25, 0.3) is 0 Å². The van der Waals surface area contributed by atoms with E-state index in [9.17, 15) is 15.0 Å². The van der Waals surface area contributed by atoms with Crippen molar-refractivity contribution < 1.29 is 15.0 Å². The third-order valence-corrected chi connectivity index (χ3v) is 4.59. The molecule has 3 nitrogen and oxygen atoms in total. The van der Waals surface area contributed by atoms with E-state index in [0.29, 0.717) is 19.3 Å². The Kier molecular flexibility index (Phi) is 5.64. The first-order chi connectivity index (χ1) is 8.48. The molecule has 2 N–H and O–H groups in total. The molecular formula is C15H28O3. The van der Waals surface area contributed by atoms with Gasteiger partial charge in [-0.2, -0.15) is 0 Å². The van der Waals surface area contributed by atoms with Crippen molar-refractivity contribution in [2.24, 2.45) is 5.41 Å². The molecule has 1 unspecified atom stereocenters. The third-order valence-electron chi connectivity index (χ3n) is 4.59. The lowest BCUT2D eigenvalue weighted by Crippen LogP contribution is -2.42. The largest absolute Gasteiger partial charge is 0.481 e. The molecule has 0 saturated heterocycles. The number of hydrogen-bond donors (Lipinski definition) is 2. The average Bonchev–Trinajstić information content (AvgIpc) is 2.35. The van der Waals surface area contributed by atoms with Gasteiger partial charge in [-0.15, -0.1) is 0 Å². The van der Waals surface area contributed by atoms with Gasteiger partial charge in [0, 0.05) is 0 Å². The zero-order valence-corrected chi connectivity index (χ0v) is 11.9. The molecule has 1 aliphatic rings. The summed E-state index contributed by atoms with van der Waals surface area (Å²) >= 11 is 0. The first-order valence-corrected chi connectivity index (χ1v) is 7.44. The quantitative estimate of drug-likeness (QED) is 0.729. The van der Waals surface area contributed by atoms with Crippen molar-refractivity contribution in [3.63, 3.8) is 0 Å². The third kappa shape index (κ3) is 3.71. The van der Waals surface area contributed by atoms with Crippen LogP contribution in [0, 0.1) is 5.41 Å². The van der Waals surface area contributed by atoms with Crippen LogP contribution in [0.15, 0.2) is 0 Å². The second kappa shape index (κ2) is 6.55. The van der Waals surface area contributed by atoms with Crippen LogP contribution >= 0.6 is 0 Å². The second-order valence-corrected chi connectivity index (χ2v) is 6.00. The Morgan fingerprint density at radius 1 is 1.22 bits per heavy atom. The summed E-state index contributed by atoms with van der Waals surface area (Å²) < 4.78 is 0. The van der Waals surface area contributed by atoms with E-state index < -0.39 is 17.0 Å². The number of aliphatic hydroxyl groups is 1. The van der Waals surface area contributed by atoms with Crippen LogP contribution in [0.3, 0.4) is 0 Å². The molecule has 0 aliphatic heterocycles. The van der Waals surface area contributed by atoms with Gasteiger partial charge in [-0.25, -0.2) is 0 Å². The fraction of sp³-hybridized carbons (Fsp3) is 0.933. The molecule has 18 heavy (non-hydrogen) atoms. The molecule has 0 radical (unpaired) electrons. The van der Waals surface area contributed by atoms with Crippen LogP contribution in [0.1, 0.15) is 78.1 Å². The molecule has 1 atom stereocenters. The van der Waals surface area contributed by atoms with Crippen LogP contribution in [-0.4, -0.2) is 21.8 Å². The van der Waals surface area contributed by atoms with Gasteiger partial charge in [0.25, 0.3) is 0 Å². The molecule has 1 rings (SSSR count). The van der Waals surface area contributed by atoms with E-state index in [1.807, 2.05) is 6.92 Å². The maximum absolute atomic E-state index is 11.7. The SMILES string of the molecule is CCCCC(CC)(CC1(O)CCCCC1)C(=O)O. The van der Waals surface area contributed by atoms with Crippen molar-refractivity contribution in [1.29, 1.82) is 0 Å². The minimum atomic E-state index is -0.736. The number of hydrogen-bond acceptors (Lipinski definition) is 2. The van der Waals surface area contributed by atoms with E-state index in [4.69, 9.17) is 0 Å². The molecule has 0 spiro atoms. The smallest absolute Gasteiger partial charge is 0.309 e. The van der Waals surface area contributed by atoms with Gasteiger partial charge >= 0.3 is 5.97 Å². The van der Waals surface area contributed by atoms with Crippen molar-refractivity contribution in [1.82, 2.24) is 0 Å². The highest BCUT2D eigenvalue weighted by molar-refractivity contribution is 5.74. The van der Waals surface area contributed by atoms with Crippen molar-refractivity contribution >= 4 is 5.97 Å². The fourth-order valence-electron chi connectivity index (χ4n) is 3.26. The van der Waals surface area contributed by atoms with E-state index in [2.05, 4.69) is 6.92 Å². The van der Waals surface area contributed by atoms with Crippen LogP contribution < -0.4 is 0 Å². The summed E-state index contributed by atoms with van der Waals surface area (Å²) in [5, 5.41) is 20.2. The topological polar surface area (TPSA) is 57.5 Å². The van der Waals surface area contributed by atoms with Crippen LogP contribution in [-0.2, 0) is 4.79 Å². The predicted octanol–water partition coefficient (Wildman–Crippen LogP) is 3.74. The van der Waals surface area contributed by atoms with Gasteiger partial charge in [-0.05, 0) is 32.1 Å². The van der Waals surface area contributed by atoms with E-state index in [1.165, 1.54) is 6.42 Å². The van der Waals surface area contributed by atoms with Gasteiger partial charge in [-0.1, -0.05) is 46.0 Å². The highest BCUT2D eigenvalue weighted by atomic mass is 16.4. The molecule has 1 fully saturated rings. The highest BCUT2D eigenvalue weighted by Crippen LogP contribution is 2.43. The van der Waals surface area contributed by atoms with E-state index in [1.54, 1.807) is 0 Å². The van der Waals surface area contributed by atoms with Gasteiger partial charge in [-0.3, -0.25) is 4.79 Å². The van der Waals surface area contributed by atoms with E-state index in [-0.39, 0.29) is 0 Å². The van der Waals surface area contributed by atoms with E-state index in [0.717, 1.165) is 38.5 Å². The molecule has 0 bridgehead atoms. The van der Waals surface area contributed by atoms with Gasteiger partial charge < -0.3 is 10.2 Å². The Hall–Kier alpha value is -0.570. The monoisotopic (exact) mass is 256 g/mol. The second-order valence-electron chi connectivity index (χ2n) is 6.00. The Morgan fingerprint density at radius 3 is 2.28 bits per heavy atom. The zero-order valence-electron chi connectivity index (χ0n) is 11.9. The number of rotatable bonds is 7. The lowest BCUT2D eigenvalue weighted by molar-refractivity contribution is -0.156. The van der Waals surface area contributed by atoms with E-state index >= 15 is 0 Å². The summed E-state index contributed by atoms with van der Waals surface area (Å²) in [6.45, 7) is 4.02. The van der Waals surface area contributed by atoms with Crippen LogP contribution in [0.4, 0.5) is 0 Å². The Balaban J connectivity index is 2.78. The Labute approximate surface area is 111 Å². The zero-order chi connectivity index (χ0) is 13.6. The number of carboxylic acids is 1. The molecule has 106 valence electrons. The van der Waals surface area contributed by atoms with Crippen LogP contribution in [0.5, 0.6) is 0 Å². The number of unbranched alkanes of at least 4 members (excludes halogenated alkanes) is 1. The summed E-state index contributed by atoms with van der Waals surface area (Å²) in [5.41, 5.74) is -1.46. The Morgan fingerprint density at radius 2 is 1.83 bits per heavy atom.